The molecule has 0 N–H and O–H groups in total. The van der Waals surface area contributed by atoms with Crippen LogP contribution in [-0.4, -0.2) is 5.91 Å². The average molecular weight is 393 g/mol. The maximum Gasteiger partial charge on any atom is 0.239 e. The molecule has 0 fully saturated rings. The lowest BCUT2D eigenvalue weighted by Crippen LogP contribution is -2.44. The van der Waals surface area contributed by atoms with Crippen molar-refractivity contribution in [3.8, 4) is 0 Å². The highest BCUT2D eigenvalue weighted by molar-refractivity contribution is 6.03. The summed E-state index contributed by atoms with van der Waals surface area (Å²) in [4.78, 5) is 15.9. The lowest BCUT2D eigenvalue weighted by atomic mass is 9.78. The Bertz CT molecular complexity index is 1170. The number of para-hydroxylation sites is 1. The fourth-order valence-electron chi connectivity index (χ4n) is 4.37. The molecule has 146 valence electrons. The molecule has 0 bridgehead atoms. The lowest BCUT2D eigenvalue weighted by molar-refractivity contribution is -0.120. The molecule has 1 amide bonds. The Labute approximate surface area is 175 Å². The van der Waals surface area contributed by atoms with Gasteiger partial charge in [-0.25, -0.2) is 4.39 Å². The second-order valence-electron chi connectivity index (χ2n) is 7.47. The third-order valence-electron chi connectivity index (χ3n) is 5.70. The van der Waals surface area contributed by atoms with Gasteiger partial charge in [-0.3, -0.25) is 9.69 Å². The zero-order valence-electron chi connectivity index (χ0n) is 16.3. The van der Waals surface area contributed by atoms with Crippen molar-refractivity contribution in [1.82, 2.24) is 0 Å². The van der Waals surface area contributed by atoms with Gasteiger partial charge in [0.15, 0.2) is 0 Å². The van der Waals surface area contributed by atoms with Gasteiger partial charge in [-0.05, 0) is 46.5 Å². The van der Waals surface area contributed by atoms with Gasteiger partial charge in [-0.15, -0.1) is 0 Å². The molecule has 5 rings (SSSR count). The highest BCUT2D eigenvalue weighted by Crippen LogP contribution is 2.45. The minimum Gasteiger partial charge on any atom is -0.300 e. The van der Waals surface area contributed by atoms with E-state index in [0.717, 1.165) is 27.9 Å². The van der Waals surface area contributed by atoms with Gasteiger partial charge in [0.2, 0.25) is 5.91 Å². The van der Waals surface area contributed by atoms with Crippen LogP contribution in [0.15, 0.2) is 109 Å². The van der Waals surface area contributed by atoms with Crippen LogP contribution in [0.25, 0.3) is 0 Å². The number of rotatable bonds is 3. The van der Waals surface area contributed by atoms with E-state index in [0.29, 0.717) is 0 Å². The Morgan fingerprint density at radius 1 is 0.600 bits per heavy atom. The molecule has 0 unspecified atom stereocenters. The van der Waals surface area contributed by atoms with E-state index < -0.39 is 5.92 Å². The Kier molecular flexibility index (Phi) is 4.64. The van der Waals surface area contributed by atoms with Crippen LogP contribution in [0.4, 0.5) is 10.1 Å². The maximum absolute atomic E-state index is 14.0. The van der Waals surface area contributed by atoms with Crippen molar-refractivity contribution < 1.29 is 9.18 Å². The fourth-order valence-corrected chi connectivity index (χ4v) is 4.37. The molecule has 0 spiro atoms. The van der Waals surface area contributed by atoms with Crippen LogP contribution in [0, 0.1) is 5.82 Å². The normalized spacial score (nSPS) is 18.2. The summed E-state index contributed by atoms with van der Waals surface area (Å²) >= 11 is 0. The molecular formula is C27H20FNO. The number of halogens is 1. The molecule has 4 aromatic carbocycles. The molecule has 30 heavy (non-hydrogen) atoms. The number of amides is 1. The summed E-state index contributed by atoms with van der Waals surface area (Å²) < 4.78 is 13.6. The molecule has 1 heterocycles. The van der Waals surface area contributed by atoms with Crippen LogP contribution in [0.2, 0.25) is 0 Å². The Hall–Kier alpha value is -3.72. The third-order valence-corrected chi connectivity index (χ3v) is 5.70. The van der Waals surface area contributed by atoms with Gasteiger partial charge in [0.25, 0.3) is 0 Å². The molecule has 0 saturated carbocycles. The van der Waals surface area contributed by atoms with Crippen LogP contribution in [0.3, 0.4) is 0 Å². The van der Waals surface area contributed by atoms with E-state index in [1.54, 1.807) is 12.1 Å². The van der Waals surface area contributed by atoms with Crippen molar-refractivity contribution in [3.63, 3.8) is 0 Å². The average Bonchev–Trinajstić information content (AvgIpc) is 2.80. The highest BCUT2D eigenvalue weighted by atomic mass is 19.1. The predicted octanol–water partition coefficient (Wildman–Crippen LogP) is 6.09. The molecule has 3 heteroatoms. The van der Waals surface area contributed by atoms with Crippen molar-refractivity contribution in [1.29, 1.82) is 0 Å². The standard InChI is InChI=1S/C27H20FNO/c28-21-17-15-19(16-18-21)25-23-13-7-8-14-24(23)26(20-9-3-1-4-10-20)29(27(25)30)22-11-5-2-6-12-22/h1-18,25-26H/t25-,26-/m0/s1. The number of carbonyl (C=O) groups is 1. The zero-order valence-corrected chi connectivity index (χ0v) is 16.3. The van der Waals surface area contributed by atoms with Crippen molar-refractivity contribution in [2.75, 3.05) is 4.90 Å². The third kappa shape index (κ3) is 3.09. The minimum absolute atomic E-state index is 0.0136. The molecule has 2 nitrogen and oxygen atoms in total. The second kappa shape index (κ2) is 7.60. The summed E-state index contributed by atoms with van der Waals surface area (Å²) in [7, 11) is 0. The first-order chi connectivity index (χ1) is 14.7. The number of carbonyl (C=O) groups excluding carboxylic acids is 1. The number of hydrogen-bond acceptors (Lipinski definition) is 1. The lowest BCUT2D eigenvalue weighted by Gasteiger charge is -2.41. The smallest absolute Gasteiger partial charge is 0.239 e. The van der Waals surface area contributed by atoms with Crippen LogP contribution >= 0.6 is 0 Å². The van der Waals surface area contributed by atoms with Crippen molar-refractivity contribution in [2.45, 2.75) is 12.0 Å². The molecular weight excluding hydrogens is 373 g/mol. The first kappa shape index (κ1) is 18.3. The van der Waals surface area contributed by atoms with E-state index in [1.165, 1.54) is 12.1 Å². The Morgan fingerprint density at radius 3 is 1.83 bits per heavy atom. The highest BCUT2D eigenvalue weighted by Gasteiger charge is 2.41. The molecule has 2 atom stereocenters. The Morgan fingerprint density at radius 2 is 1.17 bits per heavy atom. The predicted molar refractivity (Wildman–Crippen MR) is 117 cm³/mol. The molecule has 1 aliphatic heterocycles. The second-order valence-corrected chi connectivity index (χ2v) is 7.47. The zero-order chi connectivity index (χ0) is 20.5. The number of anilines is 1. The largest absolute Gasteiger partial charge is 0.300 e. The molecule has 0 radical (unpaired) electrons. The van der Waals surface area contributed by atoms with E-state index in [9.17, 15) is 9.18 Å². The summed E-state index contributed by atoms with van der Waals surface area (Å²) in [6.45, 7) is 0. The summed E-state index contributed by atoms with van der Waals surface area (Å²) in [6.07, 6.45) is 0. The van der Waals surface area contributed by atoms with Crippen LogP contribution in [0.1, 0.15) is 34.2 Å². The fraction of sp³-hybridized carbons (Fsp3) is 0.0741. The van der Waals surface area contributed by atoms with Gasteiger partial charge in [-0.2, -0.15) is 0 Å². The molecule has 0 aromatic heterocycles. The molecule has 0 aliphatic carbocycles. The SMILES string of the molecule is O=C1[C@@H](c2ccc(F)cc2)c2ccccc2[C@H](c2ccccc2)N1c1ccccc1. The van der Waals surface area contributed by atoms with Crippen LogP contribution in [-0.2, 0) is 4.79 Å². The summed E-state index contributed by atoms with van der Waals surface area (Å²) in [6, 6.07) is 33.9. The topological polar surface area (TPSA) is 20.3 Å². The number of nitrogens with zero attached hydrogens (tertiary/aromatic N) is 1. The van der Waals surface area contributed by atoms with Gasteiger partial charge in [0.1, 0.15) is 5.82 Å². The maximum atomic E-state index is 14.0. The molecule has 4 aromatic rings. The van der Waals surface area contributed by atoms with Crippen LogP contribution in [0.5, 0.6) is 0 Å². The van der Waals surface area contributed by atoms with Crippen molar-refractivity contribution in [3.05, 3.63) is 137 Å². The number of benzene rings is 4. The van der Waals surface area contributed by atoms with Gasteiger partial charge in [-0.1, -0.05) is 84.9 Å². The van der Waals surface area contributed by atoms with E-state index in [-0.39, 0.29) is 17.8 Å². The monoisotopic (exact) mass is 393 g/mol. The minimum atomic E-state index is -0.484. The molecule has 1 aliphatic rings. The summed E-state index contributed by atoms with van der Waals surface area (Å²) in [5.41, 5.74) is 4.75. The van der Waals surface area contributed by atoms with E-state index in [1.807, 2.05) is 71.6 Å². The summed E-state index contributed by atoms with van der Waals surface area (Å²) in [5, 5.41) is 0. The first-order valence-corrected chi connectivity index (χ1v) is 10.0. The van der Waals surface area contributed by atoms with Gasteiger partial charge < -0.3 is 0 Å². The van der Waals surface area contributed by atoms with Gasteiger partial charge >= 0.3 is 0 Å². The van der Waals surface area contributed by atoms with Crippen molar-refractivity contribution in [2.24, 2.45) is 0 Å². The van der Waals surface area contributed by atoms with Crippen LogP contribution < -0.4 is 4.90 Å². The van der Waals surface area contributed by atoms with Gasteiger partial charge in [0, 0.05) is 5.69 Å². The summed E-state index contributed by atoms with van der Waals surface area (Å²) in [5.74, 6) is -0.806. The number of hydrogen-bond donors (Lipinski definition) is 0. The van der Waals surface area contributed by atoms with E-state index >= 15 is 0 Å². The van der Waals surface area contributed by atoms with E-state index in [2.05, 4.69) is 18.2 Å². The molecule has 0 saturated heterocycles. The van der Waals surface area contributed by atoms with Crippen molar-refractivity contribution >= 4 is 11.6 Å². The van der Waals surface area contributed by atoms with Gasteiger partial charge in [0.05, 0.1) is 12.0 Å². The quantitative estimate of drug-likeness (QED) is 0.412. The number of fused-ring (bicyclic) bond motifs is 1. The Balaban J connectivity index is 1.76. The first-order valence-electron chi connectivity index (χ1n) is 10.0. The van der Waals surface area contributed by atoms with E-state index in [4.69, 9.17) is 0 Å².